The predicted octanol–water partition coefficient (Wildman–Crippen LogP) is 5.59. The summed E-state index contributed by atoms with van der Waals surface area (Å²) in [6.45, 7) is 9.26. The Bertz CT molecular complexity index is 1550. The Morgan fingerprint density at radius 3 is 2.51 bits per heavy atom. The van der Waals surface area contributed by atoms with Gasteiger partial charge in [-0.3, -0.25) is 9.69 Å². The molecule has 1 aromatic heterocycles. The predicted molar refractivity (Wildman–Crippen MR) is 161 cm³/mol. The fourth-order valence-electron chi connectivity index (χ4n) is 5.11. The number of rotatable bonds is 7. The molecule has 10 heteroatoms. The lowest BCUT2D eigenvalue weighted by Gasteiger charge is -2.34. The maximum Gasteiger partial charge on any atom is 0.266 e. The third kappa shape index (κ3) is 5.65. The van der Waals surface area contributed by atoms with Crippen LogP contribution < -0.4 is 0 Å². The Morgan fingerprint density at radius 2 is 1.82 bits per heavy atom. The van der Waals surface area contributed by atoms with E-state index in [1.807, 2.05) is 42.6 Å². The van der Waals surface area contributed by atoms with Crippen LogP contribution in [0.15, 0.2) is 83.2 Å². The van der Waals surface area contributed by atoms with Crippen molar-refractivity contribution in [1.29, 1.82) is 0 Å². The molecule has 2 fully saturated rings. The number of hydrogen-bond acceptors (Lipinski definition) is 6. The molecule has 1 amide bonds. The summed E-state index contributed by atoms with van der Waals surface area (Å²) in [7, 11) is -3.68. The third-order valence-corrected chi connectivity index (χ3v) is 10.0. The summed E-state index contributed by atoms with van der Waals surface area (Å²) in [6, 6.07) is 16.5. The number of hydrogen-bond donors (Lipinski definition) is 0. The number of para-hydroxylation sites is 1. The van der Waals surface area contributed by atoms with Crippen molar-refractivity contribution >= 4 is 50.3 Å². The summed E-state index contributed by atoms with van der Waals surface area (Å²) in [5.74, 6) is 0.423. The van der Waals surface area contributed by atoms with Gasteiger partial charge in [0.1, 0.15) is 10.0 Å². The number of carbonyl (C=O) groups is 1. The van der Waals surface area contributed by atoms with Crippen molar-refractivity contribution in [2.45, 2.75) is 25.2 Å². The lowest BCUT2D eigenvalue weighted by atomic mass is 9.94. The zero-order chi connectivity index (χ0) is 27.7. The van der Waals surface area contributed by atoms with Crippen LogP contribution in [0.3, 0.4) is 0 Å². The number of thioether (sulfide) groups is 1. The number of thiocarbonyl (C=S) groups is 1. The van der Waals surface area contributed by atoms with Gasteiger partial charge >= 0.3 is 0 Å². The van der Waals surface area contributed by atoms with E-state index in [4.69, 9.17) is 17.3 Å². The molecule has 2 unspecified atom stereocenters. The van der Waals surface area contributed by atoms with E-state index in [-0.39, 0.29) is 10.8 Å². The van der Waals surface area contributed by atoms with Gasteiger partial charge in [0.25, 0.3) is 5.91 Å². The maximum atomic E-state index is 13.6. The first-order chi connectivity index (χ1) is 18.7. The number of piperidine rings is 1. The van der Waals surface area contributed by atoms with Crippen LogP contribution in [0.1, 0.15) is 25.8 Å². The van der Waals surface area contributed by atoms with Crippen molar-refractivity contribution in [3.05, 3.63) is 83.9 Å². The Morgan fingerprint density at radius 1 is 1.10 bits per heavy atom. The Labute approximate surface area is 239 Å². The summed E-state index contributed by atoms with van der Waals surface area (Å²) in [5, 5.41) is 4.83. The number of benzene rings is 2. The minimum Gasteiger partial charge on any atom is -0.289 e. The molecule has 3 aromatic rings. The van der Waals surface area contributed by atoms with Crippen LogP contribution in [0.2, 0.25) is 0 Å². The van der Waals surface area contributed by atoms with Gasteiger partial charge in [-0.05, 0) is 48.6 Å². The van der Waals surface area contributed by atoms with Gasteiger partial charge in [-0.1, -0.05) is 74.2 Å². The summed E-state index contributed by atoms with van der Waals surface area (Å²) in [4.78, 5) is 15.3. The van der Waals surface area contributed by atoms with E-state index in [0.717, 1.165) is 12.1 Å². The largest absolute Gasteiger partial charge is 0.289 e. The second kappa shape index (κ2) is 11.2. The zero-order valence-corrected chi connectivity index (χ0v) is 24.3. The molecule has 0 spiro atoms. The number of nitrogens with zero attached hydrogens (tertiary/aromatic N) is 4. The second-order valence-electron chi connectivity index (χ2n) is 10.1. The van der Waals surface area contributed by atoms with E-state index < -0.39 is 10.0 Å². The molecule has 3 heterocycles. The molecule has 2 atom stereocenters. The lowest BCUT2D eigenvalue weighted by Crippen LogP contribution is -2.42. The molecule has 39 heavy (non-hydrogen) atoms. The zero-order valence-electron chi connectivity index (χ0n) is 21.9. The van der Waals surface area contributed by atoms with Crippen molar-refractivity contribution in [3.63, 3.8) is 0 Å². The first-order valence-corrected chi connectivity index (χ1v) is 15.5. The maximum absolute atomic E-state index is 13.6. The van der Waals surface area contributed by atoms with E-state index in [1.54, 1.807) is 39.3 Å². The number of carbonyl (C=O) groups excluding carboxylic acids is 1. The highest BCUT2D eigenvalue weighted by Crippen LogP contribution is 2.35. The fourth-order valence-corrected chi connectivity index (χ4v) is 8.10. The highest BCUT2D eigenvalue weighted by molar-refractivity contribution is 8.26. The monoisotopic (exact) mass is 578 g/mol. The number of aromatic nitrogens is 2. The van der Waals surface area contributed by atoms with Crippen LogP contribution in [0.5, 0.6) is 0 Å². The molecule has 2 aromatic carbocycles. The van der Waals surface area contributed by atoms with Gasteiger partial charge in [0, 0.05) is 37.0 Å². The smallest absolute Gasteiger partial charge is 0.266 e. The quantitative estimate of drug-likeness (QED) is 0.207. The van der Waals surface area contributed by atoms with Crippen molar-refractivity contribution in [2.24, 2.45) is 11.8 Å². The van der Waals surface area contributed by atoms with Gasteiger partial charge in [-0.15, -0.1) is 6.58 Å². The summed E-state index contributed by atoms with van der Waals surface area (Å²) in [6.07, 6.45) is 6.28. The Balaban J connectivity index is 1.58. The average Bonchev–Trinajstić information content (AvgIpc) is 3.45. The summed E-state index contributed by atoms with van der Waals surface area (Å²) in [5.41, 5.74) is 2.76. The average molecular weight is 579 g/mol. The van der Waals surface area contributed by atoms with E-state index in [0.29, 0.717) is 57.5 Å². The van der Waals surface area contributed by atoms with Crippen LogP contribution in [0, 0.1) is 11.8 Å². The fraction of sp³-hybridized carbons (Fsp3) is 0.276. The number of amides is 1. The van der Waals surface area contributed by atoms with E-state index in [9.17, 15) is 13.2 Å². The minimum atomic E-state index is -3.68. The molecule has 0 N–H and O–H groups in total. The van der Waals surface area contributed by atoms with E-state index in [2.05, 4.69) is 20.4 Å². The molecule has 202 valence electrons. The molecular formula is C29H30N4O3S3. The summed E-state index contributed by atoms with van der Waals surface area (Å²) >= 11 is 6.64. The van der Waals surface area contributed by atoms with Gasteiger partial charge < -0.3 is 0 Å². The second-order valence-corrected chi connectivity index (χ2v) is 13.7. The van der Waals surface area contributed by atoms with Gasteiger partial charge in [-0.25, -0.2) is 13.1 Å². The molecule has 0 bridgehead atoms. The van der Waals surface area contributed by atoms with Crippen LogP contribution in [0.25, 0.3) is 23.0 Å². The van der Waals surface area contributed by atoms with Crippen molar-refractivity contribution in [3.8, 4) is 16.9 Å². The van der Waals surface area contributed by atoms with Crippen LogP contribution in [0.4, 0.5) is 0 Å². The summed E-state index contributed by atoms with van der Waals surface area (Å²) < 4.78 is 31.1. The van der Waals surface area contributed by atoms with Crippen LogP contribution >= 0.6 is 24.0 Å². The number of sulfonamides is 1. The highest BCUT2D eigenvalue weighted by atomic mass is 32.2. The molecule has 0 radical (unpaired) electrons. The third-order valence-electron chi connectivity index (χ3n) is 6.82. The molecule has 2 aliphatic rings. The first kappa shape index (κ1) is 27.5. The normalized spacial score (nSPS) is 21.6. The van der Waals surface area contributed by atoms with Crippen LogP contribution in [-0.4, -0.2) is 57.3 Å². The van der Waals surface area contributed by atoms with Gasteiger partial charge in [0.05, 0.1) is 15.5 Å². The highest BCUT2D eigenvalue weighted by Gasteiger charge is 2.33. The standard InChI is InChI=1S/C29H30N4O3S3/c1-4-13-32-28(34)26(38-29(32)37)16-23-19-33(24-10-6-5-7-11-24)30-27(23)22-9-8-12-25(15-22)39(35,36)31-17-20(2)14-21(3)18-31/h4-12,15-16,19-21H,1,13-14,17-18H2,2-3H3. The molecule has 5 rings (SSSR count). The SMILES string of the molecule is C=CCN1C(=O)C(=Cc2cn(-c3ccccc3)nc2-c2cccc(S(=O)(=O)N3CC(C)CC(C)C3)c2)SC1=S. The van der Waals surface area contributed by atoms with Crippen molar-refractivity contribution in [2.75, 3.05) is 19.6 Å². The van der Waals surface area contributed by atoms with Crippen molar-refractivity contribution < 1.29 is 13.2 Å². The van der Waals surface area contributed by atoms with Gasteiger partial charge in [0.15, 0.2) is 0 Å². The van der Waals surface area contributed by atoms with Gasteiger partial charge in [-0.2, -0.15) is 9.40 Å². The van der Waals surface area contributed by atoms with Crippen molar-refractivity contribution in [1.82, 2.24) is 19.0 Å². The lowest BCUT2D eigenvalue weighted by molar-refractivity contribution is -0.121. The Kier molecular flexibility index (Phi) is 7.91. The minimum absolute atomic E-state index is 0.187. The molecule has 2 saturated heterocycles. The van der Waals surface area contributed by atoms with E-state index >= 15 is 0 Å². The molecule has 7 nitrogen and oxygen atoms in total. The molecule has 2 aliphatic heterocycles. The molecule has 0 saturated carbocycles. The molecular weight excluding hydrogens is 549 g/mol. The Hall–Kier alpha value is -3.05. The molecule has 0 aliphatic carbocycles. The van der Waals surface area contributed by atoms with E-state index in [1.165, 1.54) is 16.7 Å². The topological polar surface area (TPSA) is 75.5 Å². The van der Waals surface area contributed by atoms with Crippen LogP contribution in [-0.2, 0) is 14.8 Å². The van der Waals surface area contributed by atoms with Gasteiger partial charge in [0.2, 0.25) is 10.0 Å². The first-order valence-electron chi connectivity index (χ1n) is 12.8.